The minimum Gasteiger partial charge on any atom is -0.497 e. The molecule has 3 N–H and O–H groups in total. The Kier molecular flexibility index (Phi) is 9.54. The van der Waals surface area contributed by atoms with Crippen molar-refractivity contribution >= 4 is 11.9 Å². The number of hydrogen-bond acceptors (Lipinski definition) is 4. The van der Waals surface area contributed by atoms with Crippen molar-refractivity contribution in [2.24, 2.45) is 4.99 Å². The van der Waals surface area contributed by atoms with E-state index in [1.807, 2.05) is 25.1 Å². The van der Waals surface area contributed by atoms with E-state index in [2.05, 4.69) is 25.7 Å². The lowest BCUT2D eigenvalue weighted by Crippen LogP contribution is -2.36. The van der Waals surface area contributed by atoms with Crippen LogP contribution in [0.25, 0.3) is 0 Å². The Morgan fingerprint density at radius 3 is 2.55 bits per heavy atom. The molecule has 0 saturated carbocycles. The molecule has 2 aromatic rings. The number of methoxy groups -OCH3 is 1. The first-order valence-corrected chi connectivity index (χ1v) is 9.90. The van der Waals surface area contributed by atoms with Gasteiger partial charge in [0.25, 0.3) is 5.91 Å². The molecule has 168 valence electrons. The summed E-state index contributed by atoms with van der Waals surface area (Å²) >= 11 is 0. The fourth-order valence-corrected chi connectivity index (χ4v) is 2.78. The minimum atomic E-state index is -2.92. The van der Waals surface area contributed by atoms with Gasteiger partial charge in [0.15, 0.2) is 5.96 Å². The van der Waals surface area contributed by atoms with E-state index in [1.54, 1.807) is 25.2 Å². The molecule has 0 aliphatic heterocycles. The summed E-state index contributed by atoms with van der Waals surface area (Å²) in [5.74, 6) is 0.937. The highest BCUT2D eigenvalue weighted by Gasteiger charge is 2.12. The number of halogens is 2. The highest BCUT2D eigenvalue weighted by molar-refractivity contribution is 5.94. The van der Waals surface area contributed by atoms with E-state index in [0.717, 1.165) is 12.0 Å². The summed E-state index contributed by atoms with van der Waals surface area (Å²) in [5.41, 5.74) is 1.98. The van der Waals surface area contributed by atoms with E-state index in [9.17, 15) is 13.6 Å². The van der Waals surface area contributed by atoms with Gasteiger partial charge >= 0.3 is 6.61 Å². The topological polar surface area (TPSA) is 84.0 Å². The summed E-state index contributed by atoms with van der Waals surface area (Å²) in [7, 11) is 3.10. The minimum absolute atomic E-state index is 0.0598. The summed E-state index contributed by atoms with van der Waals surface area (Å²) in [6, 6.07) is 11.9. The highest BCUT2D eigenvalue weighted by Crippen LogP contribution is 2.25. The molecule has 0 aliphatic carbocycles. The van der Waals surface area contributed by atoms with Crippen molar-refractivity contribution in [1.29, 1.82) is 0 Å². The fourth-order valence-electron chi connectivity index (χ4n) is 2.78. The van der Waals surface area contributed by atoms with Crippen LogP contribution in [-0.2, 0) is 13.1 Å². The predicted molar refractivity (Wildman–Crippen MR) is 116 cm³/mol. The predicted octanol–water partition coefficient (Wildman–Crippen LogP) is 3.30. The SMILES string of the molecule is CCCNC(=O)c1cccc(CNC(=NC)NCc2cc(OC)ccc2OC(F)F)c1. The van der Waals surface area contributed by atoms with E-state index in [4.69, 9.17) is 4.74 Å². The van der Waals surface area contributed by atoms with Crippen LogP contribution in [0.4, 0.5) is 8.78 Å². The number of ether oxygens (including phenoxy) is 2. The summed E-state index contributed by atoms with van der Waals surface area (Å²) < 4.78 is 35.1. The maximum Gasteiger partial charge on any atom is 0.387 e. The summed E-state index contributed by atoms with van der Waals surface area (Å²) in [5, 5.41) is 9.05. The molecular weight excluding hydrogens is 406 g/mol. The monoisotopic (exact) mass is 434 g/mol. The largest absolute Gasteiger partial charge is 0.497 e. The van der Waals surface area contributed by atoms with Gasteiger partial charge in [0.05, 0.1) is 7.11 Å². The molecule has 9 heteroatoms. The Balaban J connectivity index is 1.99. The molecule has 1 amide bonds. The second-order valence-corrected chi connectivity index (χ2v) is 6.59. The second kappa shape index (κ2) is 12.4. The van der Waals surface area contributed by atoms with Crippen molar-refractivity contribution in [2.45, 2.75) is 33.0 Å². The van der Waals surface area contributed by atoms with Crippen LogP contribution < -0.4 is 25.4 Å². The number of nitrogens with zero attached hydrogens (tertiary/aromatic N) is 1. The van der Waals surface area contributed by atoms with Crippen LogP contribution in [0.3, 0.4) is 0 Å². The number of guanidine groups is 1. The molecule has 0 atom stereocenters. The molecule has 0 aromatic heterocycles. The van der Waals surface area contributed by atoms with Crippen LogP contribution in [0.15, 0.2) is 47.5 Å². The first-order valence-electron chi connectivity index (χ1n) is 9.90. The van der Waals surface area contributed by atoms with E-state index in [0.29, 0.717) is 35.9 Å². The molecule has 0 aliphatic rings. The third kappa shape index (κ3) is 7.76. The van der Waals surface area contributed by atoms with Gasteiger partial charge in [0.2, 0.25) is 0 Å². The molecule has 0 bridgehead atoms. The number of aliphatic imine (C=N–C) groups is 1. The molecular formula is C22H28F2N4O3. The third-order valence-electron chi connectivity index (χ3n) is 4.34. The normalized spacial score (nSPS) is 11.2. The summed E-state index contributed by atoms with van der Waals surface area (Å²) in [4.78, 5) is 16.3. The van der Waals surface area contributed by atoms with Crippen LogP contribution in [0.1, 0.15) is 34.8 Å². The molecule has 0 heterocycles. The first kappa shape index (κ1) is 23.9. The zero-order valence-corrected chi connectivity index (χ0v) is 17.9. The quantitative estimate of drug-likeness (QED) is 0.395. The van der Waals surface area contributed by atoms with Crippen LogP contribution in [0.2, 0.25) is 0 Å². The van der Waals surface area contributed by atoms with Crippen molar-refractivity contribution in [1.82, 2.24) is 16.0 Å². The molecule has 0 fully saturated rings. The number of alkyl halides is 2. The number of carbonyl (C=O) groups excluding carboxylic acids is 1. The van der Waals surface area contributed by atoms with Gasteiger partial charge in [-0.2, -0.15) is 8.78 Å². The van der Waals surface area contributed by atoms with Gasteiger partial charge in [0.1, 0.15) is 11.5 Å². The molecule has 7 nitrogen and oxygen atoms in total. The van der Waals surface area contributed by atoms with Crippen LogP contribution >= 0.6 is 0 Å². The van der Waals surface area contributed by atoms with E-state index in [1.165, 1.54) is 13.2 Å². The molecule has 0 saturated heterocycles. The second-order valence-electron chi connectivity index (χ2n) is 6.59. The summed E-state index contributed by atoms with van der Waals surface area (Å²) in [6.07, 6.45) is 0.867. The standard InChI is InChI=1S/C22H28F2N4O3/c1-4-10-26-20(29)16-7-5-6-15(11-16)13-27-22(25-2)28-14-17-12-18(30-3)8-9-19(17)31-21(23)24/h5-9,11-12,21H,4,10,13-14H2,1-3H3,(H,26,29)(H2,25,27,28). The van der Waals surface area contributed by atoms with Gasteiger partial charge < -0.3 is 25.4 Å². The zero-order valence-electron chi connectivity index (χ0n) is 17.9. The van der Waals surface area contributed by atoms with Gasteiger partial charge in [-0.1, -0.05) is 19.1 Å². The van der Waals surface area contributed by atoms with Gasteiger partial charge in [-0.15, -0.1) is 0 Å². The van der Waals surface area contributed by atoms with Crippen molar-refractivity contribution in [3.8, 4) is 11.5 Å². The lowest BCUT2D eigenvalue weighted by Gasteiger charge is -2.15. The van der Waals surface area contributed by atoms with E-state index < -0.39 is 6.61 Å². The lowest BCUT2D eigenvalue weighted by molar-refractivity contribution is -0.0505. The molecule has 2 aromatic carbocycles. The lowest BCUT2D eigenvalue weighted by atomic mass is 10.1. The number of hydrogen-bond donors (Lipinski definition) is 3. The molecule has 0 unspecified atom stereocenters. The highest BCUT2D eigenvalue weighted by atomic mass is 19.3. The van der Waals surface area contributed by atoms with E-state index in [-0.39, 0.29) is 18.2 Å². The van der Waals surface area contributed by atoms with Crippen molar-refractivity contribution in [2.75, 3.05) is 20.7 Å². The van der Waals surface area contributed by atoms with Gasteiger partial charge in [0, 0.05) is 37.8 Å². The van der Waals surface area contributed by atoms with Gasteiger partial charge in [-0.05, 0) is 42.3 Å². The average molecular weight is 434 g/mol. The number of carbonyl (C=O) groups is 1. The van der Waals surface area contributed by atoms with Crippen LogP contribution in [0.5, 0.6) is 11.5 Å². The number of nitrogens with one attached hydrogen (secondary N) is 3. The third-order valence-corrected chi connectivity index (χ3v) is 4.34. The van der Waals surface area contributed by atoms with E-state index >= 15 is 0 Å². The smallest absolute Gasteiger partial charge is 0.387 e. The maximum absolute atomic E-state index is 12.7. The van der Waals surface area contributed by atoms with Gasteiger partial charge in [-0.25, -0.2) is 0 Å². The molecule has 0 spiro atoms. The van der Waals surface area contributed by atoms with Crippen LogP contribution in [-0.4, -0.2) is 39.2 Å². The zero-order chi connectivity index (χ0) is 22.6. The van der Waals surface area contributed by atoms with Gasteiger partial charge in [-0.3, -0.25) is 9.79 Å². The van der Waals surface area contributed by atoms with Crippen LogP contribution in [0, 0.1) is 0 Å². The Morgan fingerprint density at radius 2 is 1.87 bits per heavy atom. The average Bonchev–Trinajstić information content (AvgIpc) is 2.78. The number of rotatable bonds is 10. The molecule has 31 heavy (non-hydrogen) atoms. The Hall–Kier alpha value is -3.36. The first-order chi connectivity index (χ1) is 15.0. The number of benzene rings is 2. The summed E-state index contributed by atoms with van der Waals surface area (Å²) in [6.45, 7) is 0.310. The Labute approximate surface area is 180 Å². The Bertz CT molecular complexity index is 891. The maximum atomic E-state index is 12.7. The number of amides is 1. The van der Waals surface area contributed by atoms with Crippen molar-refractivity contribution in [3.05, 3.63) is 59.2 Å². The fraction of sp³-hybridized carbons (Fsp3) is 0.364. The molecule has 2 rings (SSSR count). The van der Waals surface area contributed by atoms with Crippen molar-refractivity contribution in [3.63, 3.8) is 0 Å². The Morgan fingerprint density at radius 1 is 1.10 bits per heavy atom. The molecule has 0 radical (unpaired) electrons. The van der Waals surface area contributed by atoms with Crippen molar-refractivity contribution < 1.29 is 23.0 Å².